The molecule has 3 rings (SSSR count). The number of nitrogens with one attached hydrogen (secondary N) is 1. The van der Waals surface area contributed by atoms with Crippen LogP contribution in [-0.2, 0) is 9.59 Å². The number of Topliss-reactive ketones (excluding diaryl/α,β-unsaturated/α-hetero) is 1. The van der Waals surface area contributed by atoms with Crippen molar-refractivity contribution in [1.29, 1.82) is 0 Å². The highest BCUT2D eigenvalue weighted by Crippen LogP contribution is 2.64. The first-order chi connectivity index (χ1) is 8.98. The molecule has 0 spiro atoms. The van der Waals surface area contributed by atoms with Crippen LogP contribution in [0.15, 0.2) is 30.3 Å². The van der Waals surface area contributed by atoms with Gasteiger partial charge in [-0.2, -0.15) is 0 Å². The predicted molar refractivity (Wildman–Crippen MR) is 73.6 cm³/mol. The first kappa shape index (κ1) is 12.4. The first-order valence-corrected chi connectivity index (χ1v) is 6.88. The van der Waals surface area contributed by atoms with E-state index in [0.29, 0.717) is 18.8 Å². The average molecular weight is 257 g/mol. The molecule has 1 N–H and O–H groups in total. The maximum atomic E-state index is 12.7. The Bertz CT molecular complexity index is 535. The van der Waals surface area contributed by atoms with Gasteiger partial charge in [-0.05, 0) is 36.3 Å². The van der Waals surface area contributed by atoms with Crippen LogP contribution in [0.1, 0.15) is 33.1 Å². The summed E-state index contributed by atoms with van der Waals surface area (Å²) < 4.78 is 0. The summed E-state index contributed by atoms with van der Waals surface area (Å²) in [5, 5.41) is 2.93. The summed E-state index contributed by atoms with van der Waals surface area (Å²) in [6.07, 6.45) is 2.25. The van der Waals surface area contributed by atoms with Gasteiger partial charge in [0.1, 0.15) is 11.2 Å². The molecule has 2 aliphatic rings. The Hall–Kier alpha value is -1.64. The monoisotopic (exact) mass is 257 g/mol. The van der Waals surface area contributed by atoms with E-state index in [2.05, 4.69) is 19.2 Å². The van der Waals surface area contributed by atoms with Crippen molar-refractivity contribution in [1.82, 2.24) is 0 Å². The highest BCUT2D eigenvalue weighted by atomic mass is 16.2. The zero-order valence-corrected chi connectivity index (χ0v) is 11.4. The second-order valence-corrected chi connectivity index (χ2v) is 6.31. The molecule has 2 atom stereocenters. The summed E-state index contributed by atoms with van der Waals surface area (Å²) in [4.78, 5) is 25.0. The van der Waals surface area contributed by atoms with E-state index in [9.17, 15) is 9.59 Å². The molecule has 0 radical (unpaired) electrons. The summed E-state index contributed by atoms with van der Waals surface area (Å²) in [5.41, 5.74) is -0.267. The highest BCUT2D eigenvalue weighted by molar-refractivity contribution is 6.14. The van der Waals surface area contributed by atoms with E-state index in [0.717, 1.165) is 12.1 Å². The molecule has 0 aliphatic heterocycles. The number of hydrogen-bond acceptors (Lipinski definition) is 2. The Balaban J connectivity index is 1.92. The molecule has 1 aromatic carbocycles. The van der Waals surface area contributed by atoms with E-state index in [1.165, 1.54) is 0 Å². The van der Waals surface area contributed by atoms with Gasteiger partial charge < -0.3 is 5.32 Å². The summed E-state index contributed by atoms with van der Waals surface area (Å²) >= 11 is 0. The topological polar surface area (TPSA) is 46.2 Å². The molecule has 0 unspecified atom stereocenters. The molecule has 0 saturated heterocycles. The molecular formula is C16H19NO2. The van der Waals surface area contributed by atoms with Crippen LogP contribution in [-0.4, -0.2) is 11.7 Å². The van der Waals surface area contributed by atoms with Gasteiger partial charge in [-0.25, -0.2) is 0 Å². The smallest absolute Gasteiger partial charge is 0.238 e. The van der Waals surface area contributed by atoms with Crippen LogP contribution in [0.3, 0.4) is 0 Å². The van der Waals surface area contributed by atoms with Gasteiger partial charge >= 0.3 is 0 Å². The molecule has 1 amide bonds. The molecule has 0 aromatic heterocycles. The number of fused-ring (bicyclic) bond motifs is 2. The zero-order chi connectivity index (χ0) is 13.7. The number of anilines is 1. The van der Waals surface area contributed by atoms with Gasteiger partial charge in [-0.3, -0.25) is 9.59 Å². The van der Waals surface area contributed by atoms with Gasteiger partial charge in [0, 0.05) is 12.1 Å². The van der Waals surface area contributed by atoms with E-state index < -0.39 is 5.41 Å². The quantitative estimate of drug-likeness (QED) is 0.828. The fourth-order valence-corrected chi connectivity index (χ4v) is 3.97. The molecular weight excluding hydrogens is 238 g/mol. The number of amides is 1. The summed E-state index contributed by atoms with van der Waals surface area (Å²) in [6, 6.07) is 9.38. The molecule has 19 heavy (non-hydrogen) atoms. The van der Waals surface area contributed by atoms with E-state index in [1.54, 1.807) is 0 Å². The predicted octanol–water partition coefficient (Wildman–Crippen LogP) is 3.02. The lowest BCUT2D eigenvalue weighted by atomic mass is 9.68. The Kier molecular flexibility index (Phi) is 2.56. The van der Waals surface area contributed by atoms with Crippen LogP contribution in [0.2, 0.25) is 0 Å². The maximum Gasteiger partial charge on any atom is 0.238 e. The van der Waals surface area contributed by atoms with E-state index in [1.807, 2.05) is 30.3 Å². The highest BCUT2D eigenvalue weighted by Gasteiger charge is 2.68. The maximum absolute atomic E-state index is 12.7. The summed E-state index contributed by atoms with van der Waals surface area (Å²) in [5.74, 6) is 0.373. The minimum Gasteiger partial charge on any atom is -0.325 e. The van der Waals surface area contributed by atoms with Crippen LogP contribution in [0.5, 0.6) is 0 Å². The zero-order valence-electron chi connectivity index (χ0n) is 11.4. The number of carbonyl (C=O) groups excluding carboxylic acids is 2. The lowest BCUT2D eigenvalue weighted by molar-refractivity contribution is -0.141. The molecule has 2 aliphatic carbocycles. The third-order valence-electron chi connectivity index (χ3n) is 5.32. The van der Waals surface area contributed by atoms with Crippen LogP contribution >= 0.6 is 0 Å². The number of rotatable bonds is 2. The fourth-order valence-electron chi connectivity index (χ4n) is 3.97. The minimum atomic E-state index is -0.812. The van der Waals surface area contributed by atoms with Crippen molar-refractivity contribution in [2.75, 3.05) is 5.32 Å². The van der Waals surface area contributed by atoms with Crippen molar-refractivity contribution in [3.63, 3.8) is 0 Å². The van der Waals surface area contributed by atoms with Crippen molar-refractivity contribution in [3.8, 4) is 0 Å². The lowest BCUT2D eigenvalue weighted by Crippen LogP contribution is -2.46. The number of benzene rings is 1. The normalized spacial score (nSPS) is 31.5. The summed E-state index contributed by atoms with van der Waals surface area (Å²) in [7, 11) is 0. The van der Waals surface area contributed by atoms with Crippen LogP contribution in [0.4, 0.5) is 5.69 Å². The minimum absolute atomic E-state index is 0.117. The Morgan fingerprint density at radius 1 is 1.26 bits per heavy atom. The van der Waals surface area contributed by atoms with Gasteiger partial charge in [-0.1, -0.05) is 32.0 Å². The Labute approximate surface area is 113 Å². The lowest BCUT2D eigenvalue weighted by Gasteiger charge is -2.34. The van der Waals surface area contributed by atoms with Gasteiger partial charge in [0.15, 0.2) is 0 Å². The molecule has 2 fully saturated rings. The van der Waals surface area contributed by atoms with Crippen molar-refractivity contribution < 1.29 is 9.59 Å². The number of carbonyl (C=O) groups is 2. The van der Waals surface area contributed by atoms with Crippen LogP contribution < -0.4 is 5.32 Å². The first-order valence-electron chi connectivity index (χ1n) is 6.88. The van der Waals surface area contributed by atoms with Gasteiger partial charge in [0.25, 0.3) is 0 Å². The van der Waals surface area contributed by atoms with E-state index >= 15 is 0 Å². The number of ketones is 1. The van der Waals surface area contributed by atoms with Crippen molar-refractivity contribution in [3.05, 3.63) is 30.3 Å². The molecule has 3 heteroatoms. The summed E-state index contributed by atoms with van der Waals surface area (Å²) in [6.45, 7) is 4.14. The van der Waals surface area contributed by atoms with Gasteiger partial charge in [-0.15, -0.1) is 0 Å². The molecule has 3 nitrogen and oxygen atoms in total. The second kappa shape index (κ2) is 3.92. The Morgan fingerprint density at radius 2 is 1.95 bits per heavy atom. The van der Waals surface area contributed by atoms with Crippen molar-refractivity contribution >= 4 is 17.4 Å². The molecule has 100 valence electrons. The SMILES string of the molecule is CC1(C)[C@H]2CC[C@@]1(C(=O)Nc1ccccc1)C(=O)C2. The van der Waals surface area contributed by atoms with Crippen molar-refractivity contribution in [2.24, 2.45) is 16.7 Å². The van der Waals surface area contributed by atoms with Crippen molar-refractivity contribution in [2.45, 2.75) is 33.1 Å². The molecule has 2 saturated carbocycles. The largest absolute Gasteiger partial charge is 0.325 e. The van der Waals surface area contributed by atoms with E-state index in [4.69, 9.17) is 0 Å². The third-order valence-corrected chi connectivity index (χ3v) is 5.32. The second-order valence-electron chi connectivity index (χ2n) is 6.31. The fraction of sp³-hybridized carbons (Fsp3) is 0.500. The number of para-hydroxylation sites is 1. The average Bonchev–Trinajstić information content (AvgIpc) is 2.74. The molecule has 2 bridgehead atoms. The van der Waals surface area contributed by atoms with E-state index in [-0.39, 0.29) is 17.1 Å². The standard InChI is InChI=1S/C16H19NO2/c1-15(2)11-8-9-16(15,13(18)10-11)14(19)17-12-6-4-3-5-7-12/h3-7,11H,8-10H2,1-2H3,(H,17,19)/t11-,16-/m0/s1. The Morgan fingerprint density at radius 3 is 2.47 bits per heavy atom. The third kappa shape index (κ3) is 1.50. The molecule has 1 aromatic rings. The van der Waals surface area contributed by atoms with Crippen LogP contribution in [0, 0.1) is 16.7 Å². The molecule has 0 heterocycles. The van der Waals surface area contributed by atoms with Crippen LogP contribution in [0.25, 0.3) is 0 Å². The van der Waals surface area contributed by atoms with Gasteiger partial charge in [0.2, 0.25) is 5.91 Å². The number of hydrogen-bond donors (Lipinski definition) is 1. The van der Waals surface area contributed by atoms with Gasteiger partial charge in [0.05, 0.1) is 0 Å².